The summed E-state index contributed by atoms with van der Waals surface area (Å²) in [5.74, 6) is 0. The lowest BCUT2D eigenvalue weighted by atomic mass is 10.2. The van der Waals surface area contributed by atoms with Gasteiger partial charge in [-0.25, -0.2) is 0 Å². The van der Waals surface area contributed by atoms with E-state index in [4.69, 9.17) is 5.11 Å². The van der Waals surface area contributed by atoms with E-state index in [0.717, 1.165) is 6.20 Å². The average Bonchev–Trinajstić information content (AvgIpc) is 2.59. The van der Waals surface area contributed by atoms with Crippen LogP contribution in [-0.4, -0.2) is 35.0 Å². The summed E-state index contributed by atoms with van der Waals surface area (Å²) in [6, 6.07) is -0.317. The first kappa shape index (κ1) is 12.2. The zero-order chi connectivity index (χ0) is 11.6. The Morgan fingerprint density at radius 3 is 2.60 bits per heavy atom. The molecular weight excluding hydrogens is 209 g/mol. The van der Waals surface area contributed by atoms with E-state index >= 15 is 0 Å². The highest BCUT2D eigenvalue weighted by Crippen LogP contribution is 2.29. The van der Waals surface area contributed by atoms with Crippen molar-refractivity contribution < 1.29 is 18.3 Å². The zero-order valence-corrected chi connectivity index (χ0v) is 8.67. The summed E-state index contributed by atoms with van der Waals surface area (Å²) >= 11 is 0. The maximum absolute atomic E-state index is 12.4. The van der Waals surface area contributed by atoms with Gasteiger partial charge in [0.1, 0.15) is 5.70 Å². The summed E-state index contributed by atoms with van der Waals surface area (Å²) in [5.41, 5.74) is -0.741. The van der Waals surface area contributed by atoms with Crippen LogP contribution in [-0.2, 0) is 0 Å². The quantitative estimate of drug-likeness (QED) is 0.761. The number of allylic oxidation sites excluding steroid dienone is 1. The van der Waals surface area contributed by atoms with Crippen LogP contribution in [0.25, 0.3) is 0 Å². The topological polar surface area (TPSA) is 35.5 Å². The van der Waals surface area contributed by atoms with E-state index in [2.05, 4.69) is 5.32 Å². The first-order chi connectivity index (χ1) is 6.90. The third-order valence-electron chi connectivity index (χ3n) is 2.43. The fourth-order valence-electron chi connectivity index (χ4n) is 1.53. The minimum absolute atomic E-state index is 0.167. The SMILES string of the molecule is CCC1NC(C(F)(F)F)=CN1C(C)CO. The van der Waals surface area contributed by atoms with Crippen molar-refractivity contribution in [1.82, 2.24) is 10.2 Å². The number of halogens is 3. The van der Waals surface area contributed by atoms with E-state index in [1.807, 2.05) is 0 Å². The molecule has 1 rings (SSSR count). The summed E-state index contributed by atoms with van der Waals surface area (Å²) in [5, 5.41) is 11.3. The molecular formula is C9H15F3N2O. The van der Waals surface area contributed by atoms with Gasteiger partial charge in [-0.1, -0.05) is 6.92 Å². The third kappa shape index (κ3) is 2.56. The lowest BCUT2D eigenvalue weighted by Crippen LogP contribution is -2.42. The normalized spacial score (nSPS) is 23.7. The maximum atomic E-state index is 12.4. The molecule has 0 aromatic rings. The molecule has 0 amide bonds. The molecule has 1 aliphatic heterocycles. The van der Waals surface area contributed by atoms with Crippen LogP contribution in [0.1, 0.15) is 20.3 Å². The number of hydrogen-bond acceptors (Lipinski definition) is 3. The van der Waals surface area contributed by atoms with E-state index < -0.39 is 11.9 Å². The van der Waals surface area contributed by atoms with Gasteiger partial charge in [-0.2, -0.15) is 13.2 Å². The van der Waals surface area contributed by atoms with Gasteiger partial charge < -0.3 is 15.3 Å². The number of aliphatic hydroxyl groups excluding tert-OH is 1. The number of rotatable bonds is 3. The van der Waals surface area contributed by atoms with E-state index in [1.54, 1.807) is 13.8 Å². The Morgan fingerprint density at radius 1 is 1.60 bits per heavy atom. The molecule has 0 radical (unpaired) electrons. The van der Waals surface area contributed by atoms with E-state index in [9.17, 15) is 13.2 Å². The molecule has 2 unspecified atom stereocenters. The highest BCUT2D eigenvalue weighted by atomic mass is 19.4. The summed E-state index contributed by atoms with van der Waals surface area (Å²) in [7, 11) is 0. The van der Waals surface area contributed by atoms with Gasteiger partial charge in [0.15, 0.2) is 0 Å². The number of aliphatic hydroxyl groups is 1. The number of nitrogens with zero attached hydrogens (tertiary/aromatic N) is 1. The summed E-state index contributed by atoms with van der Waals surface area (Å²) in [6.45, 7) is 3.31. The van der Waals surface area contributed by atoms with Crippen LogP contribution < -0.4 is 5.32 Å². The second-order valence-electron chi connectivity index (χ2n) is 3.59. The minimum Gasteiger partial charge on any atom is -0.394 e. The molecule has 0 saturated heterocycles. The van der Waals surface area contributed by atoms with Crippen molar-refractivity contribution in [3.63, 3.8) is 0 Å². The van der Waals surface area contributed by atoms with E-state index in [1.165, 1.54) is 4.90 Å². The summed E-state index contributed by atoms with van der Waals surface area (Å²) in [4.78, 5) is 1.50. The average molecular weight is 224 g/mol. The number of nitrogens with one attached hydrogen (secondary N) is 1. The van der Waals surface area contributed by atoms with E-state index in [-0.39, 0.29) is 18.8 Å². The molecule has 0 bridgehead atoms. The lowest BCUT2D eigenvalue weighted by Gasteiger charge is -2.29. The molecule has 1 heterocycles. The second kappa shape index (κ2) is 4.30. The summed E-state index contributed by atoms with van der Waals surface area (Å²) in [6.07, 6.45) is -3.16. The van der Waals surface area contributed by atoms with Gasteiger partial charge in [0, 0.05) is 6.20 Å². The van der Waals surface area contributed by atoms with Crippen molar-refractivity contribution in [2.75, 3.05) is 6.61 Å². The Morgan fingerprint density at radius 2 is 2.20 bits per heavy atom. The molecule has 15 heavy (non-hydrogen) atoms. The molecule has 88 valence electrons. The van der Waals surface area contributed by atoms with Crippen molar-refractivity contribution in [3.05, 3.63) is 11.9 Å². The predicted molar refractivity (Wildman–Crippen MR) is 49.7 cm³/mol. The number of hydrogen-bond donors (Lipinski definition) is 2. The van der Waals surface area contributed by atoms with Gasteiger partial charge in [0.2, 0.25) is 0 Å². The van der Waals surface area contributed by atoms with Crippen LogP contribution in [0.15, 0.2) is 11.9 Å². The maximum Gasteiger partial charge on any atom is 0.432 e. The molecule has 3 nitrogen and oxygen atoms in total. The van der Waals surface area contributed by atoms with Gasteiger partial charge in [0.25, 0.3) is 0 Å². The Balaban J connectivity index is 2.81. The molecule has 2 atom stereocenters. The van der Waals surface area contributed by atoms with Crippen LogP contribution in [0.5, 0.6) is 0 Å². The van der Waals surface area contributed by atoms with Gasteiger partial charge >= 0.3 is 6.18 Å². The fraction of sp³-hybridized carbons (Fsp3) is 0.778. The van der Waals surface area contributed by atoms with Crippen LogP contribution in [0.2, 0.25) is 0 Å². The van der Waals surface area contributed by atoms with Gasteiger partial charge in [-0.05, 0) is 13.3 Å². The smallest absolute Gasteiger partial charge is 0.394 e. The molecule has 0 aliphatic carbocycles. The van der Waals surface area contributed by atoms with Crippen LogP contribution >= 0.6 is 0 Å². The fourth-order valence-corrected chi connectivity index (χ4v) is 1.53. The molecule has 0 aromatic carbocycles. The molecule has 2 N–H and O–H groups in total. The lowest BCUT2D eigenvalue weighted by molar-refractivity contribution is -0.0963. The molecule has 0 spiro atoms. The van der Waals surface area contributed by atoms with Crippen LogP contribution in [0.4, 0.5) is 13.2 Å². The van der Waals surface area contributed by atoms with E-state index in [0.29, 0.717) is 6.42 Å². The second-order valence-corrected chi connectivity index (χ2v) is 3.59. The predicted octanol–water partition coefficient (Wildman–Crippen LogP) is 1.41. The first-order valence-corrected chi connectivity index (χ1v) is 4.84. The molecule has 0 saturated carbocycles. The van der Waals surface area contributed by atoms with Gasteiger partial charge in [-0.3, -0.25) is 0 Å². The molecule has 6 heteroatoms. The van der Waals surface area contributed by atoms with Crippen LogP contribution in [0.3, 0.4) is 0 Å². The Kier molecular flexibility index (Phi) is 3.49. The third-order valence-corrected chi connectivity index (χ3v) is 2.43. The van der Waals surface area contributed by atoms with Gasteiger partial charge in [0.05, 0.1) is 18.8 Å². The molecule has 1 aliphatic rings. The Labute approximate surface area is 86.6 Å². The minimum atomic E-state index is -4.35. The van der Waals surface area contributed by atoms with Crippen molar-refractivity contribution >= 4 is 0 Å². The standard InChI is InChI=1S/C9H15F3N2O/c1-3-8-13-7(9(10,11)12)4-14(8)6(2)5-15/h4,6,8,13,15H,3,5H2,1-2H3. The largest absolute Gasteiger partial charge is 0.432 e. The number of alkyl halides is 3. The Hall–Kier alpha value is -0.910. The van der Waals surface area contributed by atoms with Crippen molar-refractivity contribution in [2.24, 2.45) is 0 Å². The van der Waals surface area contributed by atoms with Crippen molar-refractivity contribution in [3.8, 4) is 0 Å². The highest BCUT2D eigenvalue weighted by molar-refractivity contribution is 5.14. The molecule has 0 fully saturated rings. The van der Waals surface area contributed by atoms with Crippen LogP contribution in [0, 0.1) is 0 Å². The Bertz CT molecular complexity index is 252. The molecule has 0 aromatic heterocycles. The van der Waals surface area contributed by atoms with Crippen molar-refractivity contribution in [1.29, 1.82) is 0 Å². The van der Waals surface area contributed by atoms with Crippen molar-refractivity contribution in [2.45, 2.75) is 38.7 Å². The first-order valence-electron chi connectivity index (χ1n) is 4.84. The monoisotopic (exact) mass is 224 g/mol. The summed E-state index contributed by atoms with van der Waals surface area (Å²) < 4.78 is 37.2. The highest BCUT2D eigenvalue weighted by Gasteiger charge is 2.40. The van der Waals surface area contributed by atoms with Gasteiger partial charge in [-0.15, -0.1) is 0 Å². The zero-order valence-electron chi connectivity index (χ0n) is 8.67.